The number of carboxylic acid groups (broad SMARTS) is 1. The van der Waals surface area contributed by atoms with E-state index in [0.29, 0.717) is 27.7 Å². The summed E-state index contributed by atoms with van der Waals surface area (Å²) in [4.78, 5) is 23.9. The van der Waals surface area contributed by atoms with Gasteiger partial charge in [0.1, 0.15) is 17.5 Å². The topological polar surface area (TPSA) is 102 Å². The first-order valence-corrected chi connectivity index (χ1v) is 12.7. The summed E-state index contributed by atoms with van der Waals surface area (Å²) >= 11 is 6.26. The Balaban J connectivity index is 1.46. The molecule has 5 aromatic rings. The van der Waals surface area contributed by atoms with Crippen LogP contribution in [0.5, 0.6) is 0 Å². The molecule has 0 aliphatic heterocycles. The molecule has 0 radical (unpaired) electrons. The number of anilines is 1. The molecule has 4 aromatic carbocycles. The standard InChI is InChI=1S/C31H25ClN2O5/c1-18-29(33-31(37)38-19(2)22-7-5-6-10-27(22)32)30(39-34-18)26-16-15-23(24-8-3-4-9-25(24)26)21-13-11-20(12-14-21)17-28(35)36/h3-16,19H,17H2,1-2H3,(H,33,37)(H,35,36). The van der Waals surface area contributed by atoms with Gasteiger partial charge >= 0.3 is 12.1 Å². The van der Waals surface area contributed by atoms with E-state index in [2.05, 4.69) is 10.5 Å². The predicted octanol–water partition coefficient (Wildman–Crippen LogP) is 8.06. The fourth-order valence-electron chi connectivity index (χ4n) is 4.59. The van der Waals surface area contributed by atoms with Gasteiger partial charge in [0.15, 0.2) is 5.76 Å². The molecule has 0 bridgehead atoms. The zero-order valence-corrected chi connectivity index (χ0v) is 22.0. The minimum atomic E-state index is -0.869. The van der Waals surface area contributed by atoms with Gasteiger partial charge in [-0.3, -0.25) is 10.1 Å². The summed E-state index contributed by atoms with van der Waals surface area (Å²) in [5.41, 5.74) is 5.06. The molecule has 8 heteroatoms. The van der Waals surface area contributed by atoms with Crippen LogP contribution in [0.25, 0.3) is 33.2 Å². The molecular weight excluding hydrogens is 516 g/mol. The van der Waals surface area contributed by atoms with Crippen LogP contribution in [0.15, 0.2) is 89.5 Å². The monoisotopic (exact) mass is 540 g/mol. The number of aliphatic carboxylic acids is 1. The van der Waals surface area contributed by atoms with Crippen LogP contribution in [-0.2, 0) is 16.0 Å². The van der Waals surface area contributed by atoms with Crippen LogP contribution in [0.2, 0.25) is 5.02 Å². The van der Waals surface area contributed by atoms with Gasteiger partial charge in [0.25, 0.3) is 0 Å². The Labute approximate surface area is 230 Å². The van der Waals surface area contributed by atoms with Crippen molar-refractivity contribution in [3.8, 4) is 22.5 Å². The molecule has 7 nitrogen and oxygen atoms in total. The maximum atomic E-state index is 12.9. The summed E-state index contributed by atoms with van der Waals surface area (Å²) in [5.74, 6) is -0.457. The Kier molecular flexibility index (Phi) is 7.34. The lowest BCUT2D eigenvalue weighted by atomic mass is 9.93. The normalized spacial score (nSPS) is 11.8. The highest BCUT2D eigenvalue weighted by atomic mass is 35.5. The second-order valence-electron chi connectivity index (χ2n) is 9.14. The minimum absolute atomic E-state index is 0.0276. The summed E-state index contributed by atoms with van der Waals surface area (Å²) < 4.78 is 11.3. The third-order valence-corrected chi connectivity index (χ3v) is 6.85. The number of carbonyl (C=O) groups excluding carboxylic acids is 1. The molecule has 5 rings (SSSR count). The molecule has 0 saturated carbocycles. The van der Waals surface area contributed by atoms with Gasteiger partial charge in [0.05, 0.1) is 6.42 Å². The highest BCUT2D eigenvalue weighted by Crippen LogP contribution is 2.39. The number of nitrogens with one attached hydrogen (secondary N) is 1. The summed E-state index contributed by atoms with van der Waals surface area (Å²) in [6.45, 7) is 3.50. The third-order valence-electron chi connectivity index (χ3n) is 6.51. The number of carboxylic acids is 1. The van der Waals surface area contributed by atoms with E-state index in [0.717, 1.165) is 33.0 Å². The molecule has 1 heterocycles. The first-order valence-electron chi connectivity index (χ1n) is 12.3. The molecule has 0 saturated heterocycles. The van der Waals surface area contributed by atoms with E-state index in [1.807, 2.05) is 78.9 Å². The molecular formula is C31H25ClN2O5. The van der Waals surface area contributed by atoms with Crippen LogP contribution in [0.3, 0.4) is 0 Å². The smallest absolute Gasteiger partial charge is 0.412 e. The zero-order valence-electron chi connectivity index (χ0n) is 21.3. The zero-order chi connectivity index (χ0) is 27.5. The van der Waals surface area contributed by atoms with Crippen molar-refractivity contribution in [1.82, 2.24) is 5.16 Å². The largest absolute Gasteiger partial charge is 0.481 e. The van der Waals surface area contributed by atoms with Crippen molar-refractivity contribution in [2.24, 2.45) is 0 Å². The van der Waals surface area contributed by atoms with Crippen molar-refractivity contribution in [3.05, 3.63) is 107 Å². The number of fused-ring (bicyclic) bond motifs is 1. The van der Waals surface area contributed by atoms with Crippen molar-refractivity contribution >= 4 is 40.1 Å². The van der Waals surface area contributed by atoms with E-state index in [1.165, 1.54) is 0 Å². The van der Waals surface area contributed by atoms with Crippen molar-refractivity contribution < 1.29 is 24.0 Å². The highest BCUT2D eigenvalue weighted by molar-refractivity contribution is 6.31. The maximum Gasteiger partial charge on any atom is 0.412 e. The molecule has 0 aliphatic rings. The van der Waals surface area contributed by atoms with E-state index in [-0.39, 0.29) is 6.42 Å². The van der Waals surface area contributed by atoms with Gasteiger partial charge in [0.2, 0.25) is 0 Å². The Morgan fingerprint density at radius 1 is 0.949 bits per heavy atom. The molecule has 0 fully saturated rings. The molecule has 0 aliphatic carbocycles. The van der Waals surface area contributed by atoms with Gasteiger partial charge < -0.3 is 14.4 Å². The second-order valence-corrected chi connectivity index (χ2v) is 9.55. The van der Waals surface area contributed by atoms with Crippen LogP contribution < -0.4 is 5.32 Å². The van der Waals surface area contributed by atoms with Crippen molar-refractivity contribution in [2.45, 2.75) is 26.4 Å². The highest BCUT2D eigenvalue weighted by Gasteiger charge is 2.22. The van der Waals surface area contributed by atoms with Gasteiger partial charge in [-0.15, -0.1) is 0 Å². The number of benzene rings is 4. The van der Waals surface area contributed by atoms with Gasteiger partial charge in [-0.2, -0.15) is 0 Å². The first-order chi connectivity index (χ1) is 18.8. The Morgan fingerprint density at radius 2 is 1.59 bits per heavy atom. The van der Waals surface area contributed by atoms with Crippen LogP contribution in [0, 0.1) is 6.92 Å². The summed E-state index contributed by atoms with van der Waals surface area (Å²) in [7, 11) is 0. The van der Waals surface area contributed by atoms with Crippen molar-refractivity contribution in [2.75, 3.05) is 5.32 Å². The molecule has 0 spiro atoms. The predicted molar refractivity (Wildman–Crippen MR) is 151 cm³/mol. The number of nitrogens with zero attached hydrogens (tertiary/aromatic N) is 1. The molecule has 1 atom stereocenters. The van der Waals surface area contributed by atoms with Gasteiger partial charge in [0, 0.05) is 16.1 Å². The van der Waals surface area contributed by atoms with E-state index < -0.39 is 18.2 Å². The number of amides is 1. The average Bonchev–Trinajstić information content (AvgIpc) is 3.27. The molecule has 1 unspecified atom stereocenters. The molecule has 1 amide bonds. The SMILES string of the molecule is Cc1noc(-c2ccc(-c3ccc(CC(=O)O)cc3)c3ccccc23)c1NC(=O)OC(C)c1ccccc1Cl. The summed E-state index contributed by atoms with van der Waals surface area (Å²) in [6, 6.07) is 26.5. The molecule has 39 heavy (non-hydrogen) atoms. The van der Waals surface area contributed by atoms with Gasteiger partial charge in [-0.05, 0) is 53.4 Å². The lowest BCUT2D eigenvalue weighted by Crippen LogP contribution is -2.17. The minimum Gasteiger partial charge on any atom is -0.481 e. The van der Waals surface area contributed by atoms with Crippen molar-refractivity contribution in [1.29, 1.82) is 0 Å². The number of hydrogen-bond donors (Lipinski definition) is 2. The number of rotatable bonds is 7. The Hall–Kier alpha value is -4.62. The van der Waals surface area contributed by atoms with E-state index in [4.69, 9.17) is 26.0 Å². The van der Waals surface area contributed by atoms with Crippen molar-refractivity contribution in [3.63, 3.8) is 0 Å². The van der Waals surface area contributed by atoms with Gasteiger partial charge in [-0.1, -0.05) is 89.6 Å². The Morgan fingerprint density at radius 3 is 2.28 bits per heavy atom. The van der Waals surface area contributed by atoms with Crippen LogP contribution in [0.4, 0.5) is 10.5 Å². The number of aryl methyl sites for hydroxylation is 1. The Bertz CT molecular complexity index is 1680. The molecule has 1 aromatic heterocycles. The van der Waals surface area contributed by atoms with E-state index >= 15 is 0 Å². The van der Waals surface area contributed by atoms with Crippen LogP contribution in [-0.4, -0.2) is 22.3 Å². The lowest BCUT2D eigenvalue weighted by molar-refractivity contribution is -0.136. The van der Waals surface area contributed by atoms with Crippen LogP contribution >= 0.6 is 11.6 Å². The number of carbonyl (C=O) groups is 2. The van der Waals surface area contributed by atoms with Gasteiger partial charge in [-0.25, -0.2) is 4.79 Å². The summed E-state index contributed by atoms with van der Waals surface area (Å²) in [6.07, 6.45) is -1.25. The molecule has 2 N–H and O–H groups in total. The second kappa shape index (κ2) is 11.0. The molecule has 196 valence electrons. The lowest BCUT2D eigenvalue weighted by Gasteiger charge is -2.16. The fraction of sp³-hybridized carbons (Fsp3) is 0.129. The van der Waals surface area contributed by atoms with E-state index in [1.54, 1.807) is 19.9 Å². The fourth-order valence-corrected chi connectivity index (χ4v) is 4.88. The quantitative estimate of drug-likeness (QED) is 0.216. The van der Waals surface area contributed by atoms with E-state index in [9.17, 15) is 9.59 Å². The summed E-state index contributed by atoms with van der Waals surface area (Å²) in [5, 5.41) is 18.4. The van der Waals surface area contributed by atoms with Crippen LogP contribution in [0.1, 0.15) is 29.8 Å². The first kappa shape index (κ1) is 26.0. The number of hydrogen-bond acceptors (Lipinski definition) is 5. The average molecular weight is 541 g/mol. The maximum absolute atomic E-state index is 12.9. The number of aromatic nitrogens is 1. The third kappa shape index (κ3) is 5.49. The number of halogens is 1. The number of ether oxygens (including phenoxy) is 1.